The van der Waals surface area contributed by atoms with Crippen molar-refractivity contribution in [1.29, 1.82) is 0 Å². The van der Waals surface area contributed by atoms with Crippen LogP contribution in [0.25, 0.3) is 0 Å². The first-order valence-electron chi connectivity index (χ1n) is 5.28. The molecule has 3 N–H and O–H groups in total. The van der Waals surface area contributed by atoms with Crippen molar-refractivity contribution in [2.45, 2.75) is 13.0 Å². The van der Waals surface area contributed by atoms with Gasteiger partial charge in [0.25, 0.3) is 20.2 Å². The molecule has 0 aromatic heterocycles. The van der Waals surface area contributed by atoms with E-state index in [1.165, 1.54) is 13.0 Å². The summed E-state index contributed by atoms with van der Waals surface area (Å²) in [5.41, 5.74) is 0.438. The van der Waals surface area contributed by atoms with E-state index in [0.29, 0.717) is 5.57 Å². The van der Waals surface area contributed by atoms with Crippen molar-refractivity contribution in [3.05, 3.63) is 24.8 Å². The summed E-state index contributed by atoms with van der Waals surface area (Å²) in [6.45, 7) is 8.30. The second-order valence-electron chi connectivity index (χ2n) is 3.91. The van der Waals surface area contributed by atoms with Gasteiger partial charge >= 0.3 is 0 Å². The van der Waals surface area contributed by atoms with Crippen molar-refractivity contribution < 1.29 is 35.8 Å². The molecule has 0 aliphatic rings. The number of aliphatic hydroxyl groups excluding tert-OH is 1. The van der Waals surface area contributed by atoms with Gasteiger partial charge in [0.1, 0.15) is 5.75 Å². The molecule has 0 radical (unpaired) electrons. The lowest BCUT2D eigenvalue weighted by molar-refractivity contribution is 0.0608. The molecule has 0 saturated heterocycles. The Bertz CT molecular complexity index is 491. The first-order valence-corrected chi connectivity index (χ1v) is 8.50. The van der Waals surface area contributed by atoms with Crippen LogP contribution < -0.4 is 0 Å². The van der Waals surface area contributed by atoms with Crippen LogP contribution in [0.4, 0.5) is 0 Å². The molecule has 0 amide bonds. The Balaban J connectivity index is 0. The molecular formula is C10H20O8S2. The molecule has 0 aromatic carbocycles. The number of ether oxygens (including phenoxy) is 1. The van der Waals surface area contributed by atoms with Crippen molar-refractivity contribution in [2.24, 2.45) is 0 Å². The SMILES string of the molecule is C=C(C)CS(=O)(=O)O.C=CCOCC(O)CS(=O)(=O)O. The van der Waals surface area contributed by atoms with Crippen LogP contribution in [0.15, 0.2) is 24.8 Å². The molecule has 0 spiro atoms. The third kappa shape index (κ3) is 22.4. The van der Waals surface area contributed by atoms with Crippen LogP contribution in [-0.4, -0.2) is 61.9 Å². The van der Waals surface area contributed by atoms with Gasteiger partial charge in [-0.3, -0.25) is 9.11 Å². The molecule has 0 heterocycles. The van der Waals surface area contributed by atoms with Crippen LogP contribution in [0.2, 0.25) is 0 Å². The lowest BCUT2D eigenvalue weighted by atomic mass is 10.4. The molecule has 0 bridgehead atoms. The zero-order chi connectivity index (χ0) is 16.4. The Morgan fingerprint density at radius 1 is 1.25 bits per heavy atom. The topological polar surface area (TPSA) is 138 Å². The summed E-state index contributed by atoms with van der Waals surface area (Å²) >= 11 is 0. The highest BCUT2D eigenvalue weighted by molar-refractivity contribution is 7.86. The van der Waals surface area contributed by atoms with Gasteiger partial charge in [-0.2, -0.15) is 16.8 Å². The maximum absolute atomic E-state index is 10.2. The molecule has 0 aliphatic carbocycles. The van der Waals surface area contributed by atoms with Crippen molar-refractivity contribution >= 4 is 20.2 Å². The maximum atomic E-state index is 10.2. The number of hydrogen-bond acceptors (Lipinski definition) is 6. The van der Waals surface area contributed by atoms with Gasteiger partial charge in [-0.25, -0.2) is 0 Å². The first-order chi connectivity index (χ1) is 8.87. The molecular weight excluding hydrogens is 312 g/mol. The van der Waals surface area contributed by atoms with Crippen molar-refractivity contribution in [3.8, 4) is 0 Å². The number of rotatable bonds is 8. The van der Waals surface area contributed by atoms with Gasteiger partial charge in [-0.15, -0.1) is 6.58 Å². The monoisotopic (exact) mass is 332 g/mol. The highest BCUT2D eigenvalue weighted by Gasteiger charge is 2.13. The van der Waals surface area contributed by atoms with Crippen molar-refractivity contribution in [1.82, 2.24) is 0 Å². The summed E-state index contributed by atoms with van der Waals surface area (Å²) in [6.07, 6.45) is 0.278. The van der Waals surface area contributed by atoms with Crippen LogP contribution in [0, 0.1) is 0 Å². The highest BCUT2D eigenvalue weighted by atomic mass is 32.2. The van der Waals surface area contributed by atoms with Crippen LogP contribution in [0.3, 0.4) is 0 Å². The van der Waals surface area contributed by atoms with Crippen molar-refractivity contribution in [3.63, 3.8) is 0 Å². The van der Waals surface area contributed by atoms with Crippen LogP contribution in [0.5, 0.6) is 0 Å². The van der Waals surface area contributed by atoms with E-state index < -0.39 is 32.1 Å². The van der Waals surface area contributed by atoms with Gasteiger partial charge in [-0.1, -0.05) is 18.2 Å². The molecule has 1 unspecified atom stereocenters. The fraction of sp³-hybridized carbons (Fsp3) is 0.600. The molecule has 0 saturated carbocycles. The fourth-order valence-corrected chi connectivity index (χ4v) is 2.10. The standard InChI is InChI=1S/C6H12O5S.C4H8O3S/c1-2-3-11-4-6(7)5-12(8,9)10;1-4(2)3-8(5,6)7/h2,6-7H,1,3-5H2,(H,8,9,10);1,3H2,2H3,(H,5,6,7). The normalized spacial score (nSPS) is 13.0. The highest BCUT2D eigenvalue weighted by Crippen LogP contribution is 1.92. The second-order valence-corrected chi connectivity index (χ2v) is 6.86. The smallest absolute Gasteiger partial charge is 0.268 e. The van der Waals surface area contributed by atoms with Gasteiger partial charge in [0.15, 0.2) is 0 Å². The summed E-state index contributed by atoms with van der Waals surface area (Å²) in [5, 5.41) is 8.91. The molecule has 0 aromatic rings. The van der Waals surface area contributed by atoms with Gasteiger partial charge in [-0.05, 0) is 6.92 Å². The van der Waals surface area contributed by atoms with E-state index in [-0.39, 0.29) is 19.0 Å². The first kappa shape index (κ1) is 21.5. The zero-order valence-electron chi connectivity index (χ0n) is 11.1. The van der Waals surface area contributed by atoms with E-state index in [2.05, 4.69) is 13.2 Å². The third-order valence-corrected chi connectivity index (χ3v) is 3.04. The van der Waals surface area contributed by atoms with Crippen LogP contribution in [0.1, 0.15) is 6.92 Å². The molecule has 1 atom stereocenters. The largest absolute Gasteiger partial charge is 0.390 e. The predicted molar refractivity (Wildman–Crippen MR) is 74.7 cm³/mol. The van der Waals surface area contributed by atoms with Gasteiger partial charge < -0.3 is 9.84 Å². The van der Waals surface area contributed by atoms with Crippen molar-refractivity contribution in [2.75, 3.05) is 24.7 Å². The van der Waals surface area contributed by atoms with E-state index in [1.54, 1.807) is 0 Å². The molecule has 120 valence electrons. The molecule has 0 aliphatic heterocycles. The molecule has 0 fully saturated rings. The van der Waals surface area contributed by atoms with E-state index in [9.17, 15) is 16.8 Å². The minimum Gasteiger partial charge on any atom is -0.390 e. The Labute approximate surface area is 119 Å². The summed E-state index contributed by atoms with van der Waals surface area (Å²) in [7, 11) is -7.94. The lowest BCUT2D eigenvalue weighted by Gasteiger charge is -2.07. The van der Waals surface area contributed by atoms with E-state index in [4.69, 9.17) is 18.9 Å². The average Bonchev–Trinajstić information content (AvgIpc) is 2.11. The lowest BCUT2D eigenvalue weighted by Crippen LogP contribution is -2.25. The minimum atomic E-state index is -4.12. The zero-order valence-corrected chi connectivity index (χ0v) is 12.7. The van der Waals surface area contributed by atoms with Gasteiger partial charge in [0.2, 0.25) is 0 Å². The van der Waals surface area contributed by atoms with E-state index >= 15 is 0 Å². The summed E-state index contributed by atoms with van der Waals surface area (Å²) in [5.74, 6) is -1.04. The van der Waals surface area contributed by atoms with Gasteiger partial charge in [0.05, 0.1) is 25.1 Å². The van der Waals surface area contributed by atoms with Gasteiger partial charge in [0, 0.05) is 0 Å². The molecule has 20 heavy (non-hydrogen) atoms. The number of aliphatic hydroxyl groups is 1. The van der Waals surface area contributed by atoms with E-state index in [0.717, 1.165) is 0 Å². The Hall–Kier alpha value is -0.780. The van der Waals surface area contributed by atoms with Crippen LogP contribution in [-0.2, 0) is 25.0 Å². The summed E-state index contributed by atoms with van der Waals surface area (Å²) < 4.78 is 61.4. The predicted octanol–water partition coefficient (Wildman–Crippen LogP) is -0.112. The Kier molecular flexibility index (Phi) is 10.8. The average molecular weight is 332 g/mol. The summed E-state index contributed by atoms with van der Waals surface area (Å²) in [4.78, 5) is 0. The third-order valence-electron chi connectivity index (χ3n) is 1.38. The Morgan fingerprint density at radius 2 is 1.75 bits per heavy atom. The minimum absolute atomic E-state index is 0.133. The Morgan fingerprint density at radius 3 is 2.00 bits per heavy atom. The maximum Gasteiger partial charge on any atom is 0.268 e. The number of hydrogen-bond donors (Lipinski definition) is 3. The summed E-state index contributed by atoms with van der Waals surface area (Å²) in [6, 6.07) is 0. The fourth-order valence-electron chi connectivity index (χ4n) is 0.890. The second kappa shape index (κ2) is 10.0. The van der Waals surface area contributed by atoms with Crippen LogP contribution >= 0.6 is 0 Å². The molecule has 8 nitrogen and oxygen atoms in total. The quantitative estimate of drug-likeness (QED) is 0.318. The van der Waals surface area contributed by atoms with E-state index in [1.807, 2.05) is 0 Å². The molecule has 10 heteroatoms. The molecule has 0 rings (SSSR count).